The summed E-state index contributed by atoms with van der Waals surface area (Å²) in [5.74, 6) is -0.530. The van der Waals surface area contributed by atoms with Crippen LogP contribution in [0.1, 0.15) is 41.3 Å². The number of methoxy groups -OCH3 is 1. The molecule has 3 rings (SSSR count). The summed E-state index contributed by atoms with van der Waals surface area (Å²) in [6.07, 6.45) is -1.27. The standard InChI is InChI=1S/C23H27F3N2O2S/c1-15-22(11-8-12-28(15)2,16-9-6-5-7-10-16)27-21(29)20-18(30-3)13-17(23(24,25)26)14-19(20)31-4/h5-7,9-10,13-15H,8,11-12H2,1-4H3,(H,27,29). The van der Waals surface area contributed by atoms with Crippen molar-refractivity contribution in [3.63, 3.8) is 0 Å². The molecule has 2 atom stereocenters. The molecule has 8 heteroatoms. The molecule has 1 fully saturated rings. The number of likely N-dealkylation sites (N-methyl/N-ethyl adjacent to an activating group) is 1. The molecule has 1 aliphatic rings. The highest BCUT2D eigenvalue weighted by Crippen LogP contribution is 2.40. The summed E-state index contributed by atoms with van der Waals surface area (Å²) in [6, 6.07) is 11.6. The number of halogens is 3. The van der Waals surface area contributed by atoms with Crippen molar-refractivity contribution in [2.45, 2.75) is 42.4 Å². The molecule has 0 aromatic heterocycles. The molecule has 1 saturated heterocycles. The first-order valence-electron chi connectivity index (χ1n) is 10.1. The minimum atomic E-state index is -4.53. The second-order valence-electron chi connectivity index (χ2n) is 7.81. The van der Waals surface area contributed by atoms with E-state index in [-0.39, 0.29) is 22.3 Å². The van der Waals surface area contributed by atoms with E-state index in [1.165, 1.54) is 7.11 Å². The van der Waals surface area contributed by atoms with E-state index in [0.29, 0.717) is 0 Å². The lowest BCUT2D eigenvalue weighted by Crippen LogP contribution is -2.61. The summed E-state index contributed by atoms with van der Waals surface area (Å²) in [5, 5.41) is 3.20. The van der Waals surface area contributed by atoms with Gasteiger partial charge in [0.05, 0.1) is 23.8 Å². The van der Waals surface area contributed by atoms with Gasteiger partial charge < -0.3 is 15.0 Å². The van der Waals surface area contributed by atoms with Crippen molar-refractivity contribution in [1.29, 1.82) is 0 Å². The number of nitrogens with zero attached hydrogens (tertiary/aromatic N) is 1. The summed E-state index contributed by atoms with van der Waals surface area (Å²) >= 11 is 1.09. The Kier molecular flexibility index (Phi) is 6.91. The minimum Gasteiger partial charge on any atom is -0.496 e. The first-order valence-corrected chi connectivity index (χ1v) is 11.3. The first-order chi connectivity index (χ1) is 14.6. The zero-order valence-corrected chi connectivity index (χ0v) is 18.9. The predicted octanol–water partition coefficient (Wildman–Crippen LogP) is 5.18. The van der Waals surface area contributed by atoms with Crippen LogP contribution in [0.5, 0.6) is 5.75 Å². The van der Waals surface area contributed by atoms with E-state index in [2.05, 4.69) is 17.1 Å². The highest BCUT2D eigenvalue weighted by molar-refractivity contribution is 7.98. The third kappa shape index (κ3) is 4.55. The fourth-order valence-electron chi connectivity index (χ4n) is 4.31. The molecule has 0 radical (unpaired) electrons. The predicted molar refractivity (Wildman–Crippen MR) is 117 cm³/mol. The van der Waals surface area contributed by atoms with Crippen molar-refractivity contribution in [3.8, 4) is 5.75 Å². The van der Waals surface area contributed by atoms with Gasteiger partial charge in [-0.25, -0.2) is 0 Å². The molecule has 1 N–H and O–H groups in total. The lowest BCUT2D eigenvalue weighted by molar-refractivity contribution is -0.137. The Morgan fingerprint density at radius 3 is 2.52 bits per heavy atom. The van der Waals surface area contributed by atoms with Gasteiger partial charge in [0.15, 0.2) is 0 Å². The second-order valence-corrected chi connectivity index (χ2v) is 8.65. The van der Waals surface area contributed by atoms with Gasteiger partial charge in [-0.2, -0.15) is 13.2 Å². The van der Waals surface area contributed by atoms with Crippen LogP contribution in [0.3, 0.4) is 0 Å². The zero-order valence-electron chi connectivity index (χ0n) is 18.0. The molecule has 1 heterocycles. The number of thioether (sulfide) groups is 1. The quantitative estimate of drug-likeness (QED) is 0.635. The molecule has 2 unspecified atom stereocenters. The number of carbonyl (C=O) groups excluding carboxylic acids is 1. The van der Waals surface area contributed by atoms with Crippen LogP contribution in [-0.4, -0.2) is 43.8 Å². The Hall–Kier alpha value is -2.19. The summed E-state index contributed by atoms with van der Waals surface area (Å²) in [6.45, 7) is 2.97. The van der Waals surface area contributed by atoms with Gasteiger partial charge in [0.2, 0.25) is 0 Å². The van der Waals surface area contributed by atoms with Crippen LogP contribution in [0.4, 0.5) is 13.2 Å². The molecule has 168 valence electrons. The molecular weight excluding hydrogens is 425 g/mol. The van der Waals surface area contributed by atoms with Crippen LogP contribution < -0.4 is 10.1 Å². The highest BCUT2D eigenvalue weighted by atomic mass is 32.2. The molecule has 2 aromatic rings. The number of rotatable bonds is 5. The molecule has 0 bridgehead atoms. The fraction of sp³-hybridized carbons (Fsp3) is 0.435. The van der Waals surface area contributed by atoms with E-state index in [0.717, 1.165) is 48.8 Å². The van der Waals surface area contributed by atoms with Gasteiger partial charge in [0.25, 0.3) is 5.91 Å². The number of carbonyl (C=O) groups is 1. The number of likely N-dealkylation sites (tertiary alicyclic amines) is 1. The number of amides is 1. The normalized spacial score (nSPS) is 22.2. The van der Waals surface area contributed by atoms with E-state index in [4.69, 9.17) is 4.74 Å². The van der Waals surface area contributed by atoms with Gasteiger partial charge >= 0.3 is 6.18 Å². The number of ether oxygens (including phenoxy) is 1. The average Bonchev–Trinajstić information content (AvgIpc) is 2.75. The molecule has 1 amide bonds. The Morgan fingerprint density at radius 1 is 1.26 bits per heavy atom. The van der Waals surface area contributed by atoms with E-state index in [1.54, 1.807) is 6.26 Å². The molecule has 0 aliphatic carbocycles. The van der Waals surface area contributed by atoms with E-state index in [1.807, 2.05) is 37.4 Å². The van der Waals surface area contributed by atoms with Crippen LogP contribution in [0, 0.1) is 0 Å². The largest absolute Gasteiger partial charge is 0.496 e. The molecule has 0 spiro atoms. The van der Waals surface area contributed by atoms with Gasteiger partial charge in [-0.1, -0.05) is 30.3 Å². The SMILES string of the molecule is COc1cc(C(F)(F)F)cc(SC)c1C(=O)NC1(c2ccccc2)CCCN(C)C1C. The van der Waals surface area contributed by atoms with Crippen LogP contribution >= 0.6 is 11.8 Å². The van der Waals surface area contributed by atoms with Gasteiger partial charge in [-0.15, -0.1) is 11.8 Å². The van der Waals surface area contributed by atoms with Gasteiger partial charge in [0, 0.05) is 10.9 Å². The third-order valence-corrected chi connectivity index (χ3v) is 6.90. The van der Waals surface area contributed by atoms with Crippen molar-refractivity contribution < 1.29 is 22.7 Å². The van der Waals surface area contributed by atoms with Gasteiger partial charge in [0.1, 0.15) is 5.75 Å². The van der Waals surface area contributed by atoms with Crippen molar-refractivity contribution in [3.05, 3.63) is 59.2 Å². The van der Waals surface area contributed by atoms with Crippen molar-refractivity contribution in [2.75, 3.05) is 27.0 Å². The molecule has 2 aromatic carbocycles. The summed E-state index contributed by atoms with van der Waals surface area (Å²) in [5.41, 5.74) is -0.416. The fourth-order valence-corrected chi connectivity index (χ4v) is 4.95. The monoisotopic (exact) mass is 452 g/mol. The maximum Gasteiger partial charge on any atom is 0.416 e. The summed E-state index contributed by atoms with van der Waals surface area (Å²) in [4.78, 5) is 16.0. The number of hydrogen-bond donors (Lipinski definition) is 1. The average molecular weight is 453 g/mol. The van der Waals surface area contributed by atoms with Crippen molar-refractivity contribution in [1.82, 2.24) is 10.2 Å². The Balaban J connectivity index is 2.09. The van der Waals surface area contributed by atoms with E-state index < -0.39 is 23.2 Å². The summed E-state index contributed by atoms with van der Waals surface area (Å²) < 4.78 is 45.2. The van der Waals surface area contributed by atoms with Gasteiger partial charge in [-0.3, -0.25) is 4.79 Å². The molecular formula is C23H27F3N2O2S. The molecule has 4 nitrogen and oxygen atoms in total. The van der Waals surface area contributed by atoms with Crippen molar-refractivity contribution >= 4 is 17.7 Å². The van der Waals surface area contributed by atoms with Crippen LogP contribution in [0.2, 0.25) is 0 Å². The minimum absolute atomic E-state index is 0.00854. The van der Waals surface area contributed by atoms with Crippen LogP contribution in [0.15, 0.2) is 47.4 Å². The molecule has 1 aliphatic heterocycles. The molecule has 31 heavy (non-hydrogen) atoms. The Labute approximate surface area is 185 Å². The first kappa shape index (κ1) is 23.5. The number of piperidine rings is 1. The lowest BCUT2D eigenvalue weighted by Gasteiger charge is -2.48. The van der Waals surface area contributed by atoms with E-state index in [9.17, 15) is 18.0 Å². The number of hydrogen-bond acceptors (Lipinski definition) is 4. The number of benzene rings is 2. The topological polar surface area (TPSA) is 41.6 Å². The molecule has 0 saturated carbocycles. The lowest BCUT2D eigenvalue weighted by atomic mass is 9.76. The second kappa shape index (κ2) is 9.12. The summed E-state index contributed by atoms with van der Waals surface area (Å²) in [7, 11) is 3.29. The highest BCUT2D eigenvalue weighted by Gasteiger charge is 2.44. The number of alkyl halides is 3. The third-order valence-electron chi connectivity index (χ3n) is 6.14. The smallest absolute Gasteiger partial charge is 0.416 e. The maximum atomic E-state index is 13.6. The Morgan fingerprint density at radius 2 is 1.94 bits per heavy atom. The van der Waals surface area contributed by atoms with Crippen LogP contribution in [-0.2, 0) is 11.7 Å². The Bertz CT molecular complexity index is 911. The van der Waals surface area contributed by atoms with Crippen LogP contribution in [0.25, 0.3) is 0 Å². The van der Waals surface area contributed by atoms with Gasteiger partial charge in [-0.05, 0) is 57.3 Å². The van der Waals surface area contributed by atoms with E-state index >= 15 is 0 Å². The maximum absolute atomic E-state index is 13.6. The van der Waals surface area contributed by atoms with Crippen molar-refractivity contribution in [2.24, 2.45) is 0 Å². The number of nitrogens with one attached hydrogen (secondary N) is 1. The zero-order chi connectivity index (χ0) is 22.8.